The van der Waals surface area contributed by atoms with Crippen LogP contribution in [-0.2, 0) is 4.79 Å². The van der Waals surface area contributed by atoms with Crippen molar-refractivity contribution in [3.63, 3.8) is 0 Å². The lowest BCUT2D eigenvalue weighted by molar-refractivity contribution is -0.117. The summed E-state index contributed by atoms with van der Waals surface area (Å²) < 4.78 is 0.961. The third-order valence-corrected chi connectivity index (χ3v) is 5.30. The molecule has 2 aromatic carbocycles. The van der Waals surface area contributed by atoms with Gasteiger partial charge in [-0.3, -0.25) is 9.79 Å². The van der Waals surface area contributed by atoms with Crippen LogP contribution < -0.4 is 31.6 Å². The Morgan fingerprint density at radius 3 is 2.59 bits per heavy atom. The molecule has 2 heterocycles. The lowest BCUT2D eigenvalue weighted by Gasteiger charge is -2.25. The maximum Gasteiger partial charge on any atom is 0.245 e. The zero-order chi connectivity index (χ0) is 18.8. The third kappa shape index (κ3) is 3.42. The van der Waals surface area contributed by atoms with E-state index < -0.39 is 6.04 Å². The lowest BCUT2D eigenvalue weighted by Crippen LogP contribution is -2.41. The second kappa shape index (κ2) is 7.22. The van der Waals surface area contributed by atoms with Crippen LogP contribution in [0.1, 0.15) is 11.6 Å². The van der Waals surface area contributed by atoms with Gasteiger partial charge in [-0.05, 0) is 41.3 Å². The van der Waals surface area contributed by atoms with Gasteiger partial charge in [0.25, 0.3) is 0 Å². The summed E-state index contributed by atoms with van der Waals surface area (Å²) in [6.07, 6.45) is 0. The van der Waals surface area contributed by atoms with E-state index in [4.69, 9.17) is 11.5 Å². The van der Waals surface area contributed by atoms with Gasteiger partial charge in [-0.25, -0.2) is 0 Å². The smallest absolute Gasteiger partial charge is 0.245 e. The fourth-order valence-corrected chi connectivity index (χ4v) is 3.72. The molecule has 1 aromatic heterocycles. The van der Waals surface area contributed by atoms with Gasteiger partial charge in [0.1, 0.15) is 23.2 Å². The number of hydrogen-bond donors (Lipinski definition) is 3. The number of thiophene rings is 1. The van der Waals surface area contributed by atoms with Crippen molar-refractivity contribution in [3.05, 3.63) is 81.5 Å². The standard InChI is InChI=1S/C20H19N5OS/c21-17(13-4-2-1-3-5-13)19(26)24-14-6-8-15(9-7-14)25-12-23-20-16(18(25)22)10-11-27-20/h1-11,17H,12,21-22H2,(H,24,26)/t17-/m0/s1. The molecule has 0 unspecified atom stereocenters. The van der Waals surface area contributed by atoms with Crippen LogP contribution in [-0.4, -0.2) is 12.6 Å². The molecule has 6 nitrogen and oxygen atoms in total. The fourth-order valence-electron chi connectivity index (χ4n) is 2.95. The van der Waals surface area contributed by atoms with Crippen LogP contribution in [0.25, 0.3) is 5.82 Å². The molecule has 1 aliphatic rings. The first-order valence-corrected chi connectivity index (χ1v) is 9.38. The molecule has 5 N–H and O–H groups in total. The minimum Gasteiger partial charge on any atom is -0.384 e. The normalized spacial score (nSPS) is 14.3. The number of carbonyl (C=O) groups excluding carboxylic acids is 1. The summed E-state index contributed by atoms with van der Waals surface area (Å²) in [5.41, 5.74) is 14.7. The number of rotatable bonds is 4. The Kier molecular flexibility index (Phi) is 4.62. The molecule has 0 fully saturated rings. The van der Waals surface area contributed by atoms with Crippen LogP contribution in [0.5, 0.6) is 0 Å². The molecule has 1 aliphatic heterocycles. The molecule has 136 valence electrons. The number of amides is 1. The first kappa shape index (κ1) is 17.3. The Hall–Kier alpha value is -3.16. The van der Waals surface area contributed by atoms with Gasteiger partial charge in [-0.2, -0.15) is 0 Å². The average Bonchev–Trinajstić information content (AvgIpc) is 3.19. The lowest BCUT2D eigenvalue weighted by atomic mass is 10.1. The number of benzene rings is 2. The number of fused-ring (bicyclic) bond motifs is 1. The van der Waals surface area contributed by atoms with E-state index in [1.165, 1.54) is 0 Å². The van der Waals surface area contributed by atoms with Crippen LogP contribution in [0.2, 0.25) is 0 Å². The fraction of sp³-hybridized carbons (Fsp3) is 0.100. The average molecular weight is 377 g/mol. The zero-order valence-electron chi connectivity index (χ0n) is 14.5. The Morgan fingerprint density at radius 1 is 1.11 bits per heavy atom. The topological polar surface area (TPSA) is 96.7 Å². The van der Waals surface area contributed by atoms with Gasteiger partial charge in [-0.1, -0.05) is 30.3 Å². The molecule has 0 aliphatic carbocycles. The van der Waals surface area contributed by atoms with Gasteiger partial charge in [-0.15, -0.1) is 11.3 Å². The highest BCUT2D eigenvalue weighted by Crippen LogP contribution is 2.22. The molecule has 7 heteroatoms. The molecule has 3 aromatic rings. The second-order valence-corrected chi connectivity index (χ2v) is 7.07. The first-order chi connectivity index (χ1) is 13.1. The molecule has 1 atom stereocenters. The van der Waals surface area contributed by atoms with Crippen molar-refractivity contribution >= 4 is 34.4 Å². The van der Waals surface area contributed by atoms with Gasteiger partial charge in [0, 0.05) is 11.4 Å². The highest BCUT2D eigenvalue weighted by molar-refractivity contribution is 7.07. The summed E-state index contributed by atoms with van der Waals surface area (Å²) in [5.74, 6) is 0.431. The molecule has 0 bridgehead atoms. The van der Waals surface area contributed by atoms with E-state index in [1.54, 1.807) is 11.3 Å². The zero-order valence-corrected chi connectivity index (χ0v) is 15.3. The minimum atomic E-state index is -0.715. The van der Waals surface area contributed by atoms with Gasteiger partial charge >= 0.3 is 0 Å². The third-order valence-electron chi connectivity index (χ3n) is 4.45. The van der Waals surface area contributed by atoms with Crippen molar-refractivity contribution in [1.82, 2.24) is 0 Å². The van der Waals surface area contributed by atoms with Gasteiger partial charge in [0.2, 0.25) is 5.91 Å². The quantitative estimate of drug-likeness (QED) is 0.642. The Morgan fingerprint density at radius 2 is 1.85 bits per heavy atom. The Labute approximate surface area is 160 Å². The SMILES string of the molecule is NC1=c2ccsc2=NCN1c1ccc(NC(=O)[C@@H](N)c2ccccc2)cc1. The van der Waals surface area contributed by atoms with Crippen LogP contribution >= 0.6 is 11.3 Å². The number of nitrogens with one attached hydrogen (secondary N) is 1. The van der Waals surface area contributed by atoms with Crippen molar-refractivity contribution in [1.29, 1.82) is 0 Å². The van der Waals surface area contributed by atoms with Crippen molar-refractivity contribution in [3.8, 4) is 0 Å². The predicted molar refractivity (Wildman–Crippen MR) is 108 cm³/mol. The number of nitrogens with two attached hydrogens (primary N) is 2. The van der Waals surface area contributed by atoms with Crippen molar-refractivity contribution in [2.45, 2.75) is 6.04 Å². The Balaban J connectivity index is 1.49. The van der Waals surface area contributed by atoms with E-state index in [2.05, 4.69) is 10.3 Å². The van der Waals surface area contributed by atoms with Crippen LogP contribution in [0.3, 0.4) is 0 Å². The number of anilines is 2. The monoisotopic (exact) mass is 377 g/mol. The van der Waals surface area contributed by atoms with E-state index in [0.29, 0.717) is 18.2 Å². The van der Waals surface area contributed by atoms with E-state index in [9.17, 15) is 4.79 Å². The summed E-state index contributed by atoms with van der Waals surface area (Å²) in [4.78, 5) is 18.9. The van der Waals surface area contributed by atoms with Crippen LogP contribution in [0, 0.1) is 0 Å². The summed E-state index contributed by atoms with van der Waals surface area (Å²) >= 11 is 1.58. The summed E-state index contributed by atoms with van der Waals surface area (Å²) in [6, 6.07) is 18.0. The van der Waals surface area contributed by atoms with Gasteiger partial charge in [0.15, 0.2) is 0 Å². The molecule has 4 rings (SSSR count). The highest BCUT2D eigenvalue weighted by Gasteiger charge is 2.17. The molecular formula is C20H19N5OS. The van der Waals surface area contributed by atoms with Crippen molar-refractivity contribution in [2.24, 2.45) is 16.5 Å². The summed E-state index contributed by atoms with van der Waals surface area (Å²) in [7, 11) is 0. The largest absolute Gasteiger partial charge is 0.384 e. The van der Waals surface area contributed by atoms with Crippen molar-refractivity contribution in [2.75, 3.05) is 16.9 Å². The number of carbonyl (C=O) groups is 1. The number of hydrogen-bond acceptors (Lipinski definition) is 6. The number of nitrogens with zero attached hydrogens (tertiary/aromatic N) is 2. The van der Waals surface area contributed by atoms with Crippen molar-refractivity contribution < 1.29 is 4.79 Å². The first-order valence-electron chi connectivity index (χ1n) is 8.50. The molecular weight excluding hydrogens is 358 g/mol. The van der Waals surface area contributed by atoms with E-state index >= 15 is 0 Å². The van der Waals surface area contributed by atoms with Crippen LogP contribution in [0.15, 0.2) is 71.0 Å². The molecule has 0 saturated carbocycles. The minimum absolute atomic E-state index is 0.254. The van der Waals surface area contributed by atoms with Gasteiger partial charge < -0.3 is 21.7 Å². The Bertz CT molecular complexity index is 1080. The van der Waals surface area contributed by atoms with E-state index in [-0.39, 0.29) is 5.91 Å². The predicted octanol–water partition coefficient (Wildman–Crippen LogP) is 1.51. The highest BCUT2D eigenvalue weighted by atomic mass is 32.1. The second-order valence-electron chi connectivity index (χ2n) is 6.18. The molecule has 27 heavy (non-hydrogen) atoms. The maximum absolute atomic E-state index is 12.4. The maximum atomic E-state index is 12.4. The molecule has 0 radical (unpaired) electrons. The summed E-state index contributed by atoms with van der Waals surface area (Å²) in [5, 5.41) is 5.79. The molecule has 1 amide bonds. The van der Waals surface area contributed by atoms with E-state index in [1.807, 2.05) is 70.9 Å². The summed E-state index contributed by atoms with van der Waals surface area (Å²) in [6.45, 7) is 0.476. The molecule has 0 saturated heterocycles. The van der Waals surface area contributed by atoms with E-state index in [0.717, 1.165) is 21.1 Å². The molecule has 0 spiro atoms. The van der Waals surface area contributed by atoms with Crippen LogP contribution in [0.4, 0.5) is 11.4 Å². The van der Waals surface area contributed by atoms with Gasteiger partial charge in [0.05, 0.1) is 5.22 Å².